The van der Waals surface area contributed by atoms with Crippen LogP contribution in [-0.2, 0) is 5.41 Å². The van der Waals surface area contributed by atoms with E-state index in [1.165, 1.54) is 0 Å². The van der Waals surface area contributed by atoms with Crippen molar-refractivity contribution in [1.29, 1.82) is 0 Å². The summed E-state index contributed by atoms with van der Waals surface area (Å²) in [6.07, 6.45) is 2.01. The van der Waals surface area contributed by atoms with E-state index in [4.69, 9.17) is 21.3 Å². The minimum Gasteiger partial charge on any atom is -0.508 e. The lowest BCUT2D eigenvalue weighted by Gasteiger charge is -2.14. The van der Waals surface area contributed by atoms with E-state index in [-0.39, 0.29) is 5.41 Å². The topological polar surface area (TPSA) is 42.4 Å². The van der Waals surface area contributed by atoms with Gasteiger partial charge in [-0.25, -0.2) is 4.98 Å². The fourth-order valence-corrected chi connectivity index (χ4v) is 4.95. The van der Waals surface area contributed by atoms with Gasteiger partial charge >= 0.3 is 0 Å². The fourth-order valence-electron chi connectivity index (χ4n) is 3.52. The van der Waals surface area contributed by atoms with Crippen LogP contribution < -0.4 is 4.74 Å². The highest BCUT2D eigenvalue weighted by molar-refractivity contribution is 7.12. The molecule has 3 aromatic rings. The van der Waals surface area contributed by atoms with Gasteiger partial charge in [0.1, 0.15) is 16.5 Å². The van der Waals surface area contributed by atoms with E-state index in [0.29, 0.717) is 10.8 Å². The molecule has 2 aromatic carbocycles. The van der Waals surface area contributed by atoms with Gasteiger partial charge < -0.3 is 9.84 Å². The maximum absolute atomic E-state index is 10.3. The van der Waals surface area contributed by atoms with Crippen LogP contribution in [0.15, 0.2) is 36.4 Å². The first-order valence-corrected chi connectivity index (χ1v) is 9.76. The summed E-state index contributed by atoms with van der Waals surface area (Å²) in [5, 5.41) is 12.0. The van der Waals surface area contributed by atoms with Crippen LogP contribution >= 0.6 is 22.9 Å². The van der Waals surface area contributed by atoms with Gasteiger partial charge in [0.05, 0.1) is 23.2 Å². The summed E-state index contributed by atoms with van der Waals surface area (Å²) >= 11 is 8.21. The highest BCUT2D eigenvalue weighted by Crippen LogP contribution is 2.57. The van der Waals surface area contributed by atoms with Gasteiger partial charge in [-0.15, -0.1) is 11.3 Å². The van der Waals surface area contributed by atoms with Crippen molar-refractivity contribution in [2.24, 2.45) is 0 Å². The minimum absolute atomic E-state index is 0.160. The number of para-hydroxylation sites is 1. The fraction of sp³-hybridized carbons (Fsp3) is 0.286. The number of hydrogen-bond donors (Lipinski definition) is 1. The molecule has 1 N–H and O–H groups in total. The molecule has 1 fully saturated rings. The molecule has 1 heterocycles. The first-order valence-electron chi connectivity index (χ1n) is 8.57. The first kappa shape index (κ1) is 17.4. The molecule has 0 saturated heterocycles. The Bertz CT molecular complexity index is 992. The third kappa shape index (κ3) is 2.68. The van der Waals surface area contributed by atoms with Crippen LogP contribution in [0, 0.1) is 13.8 Å². The summed E-state index contributed by atoms with van der Waals surface area (Å²) in [6, 6.07) is 11.5. The molecule has 4 rings (SSSR count). The van der Waals surface area contributed by atoms with Crippen molar-refractivity contribution in [1.82, 2.24) is 4.98 Å². The number of hydrogen-bond acceptors (Lipinski definition) is 4. The van der Waals surface area contributed by atoms with Gasteiger partial charge in [-0.1, -0.05) is 29.8 Å². The molecule has 1 aliphatic rings. The maximum Gasteiger partial charge on any atom is 0.123 e. The highest BCUT2D eigenvalue weighted by Gasteiger charge is 2.50. The molecule has 1 aliphatic carbocycles. The maximum atomic E-state index is 10.3. The predicted molar refractivity (Wildman–Crippen MR) is 107 cm³/mol. The summed E-state index contributed by atoms with van der Waals surface area (Å²) in [5.41, 5.74) is 3.69. The number of rotatable bonds is 4. The van der Waals surface area contributed by atoms with Gasteiger partial charge in [0, 0.05) is 16.0 Å². The Morgan fingerprint density at radius 1 is 1.19 bits per heavy atom. The van der Waals surface area contributed by atoms with Crippen molar-refractivity contribution in [3.63, 3.8) is 0 Å². The average Bonchev–Trinajstić information content (AvgIpc) is 3.33. The molecular formula is C21H20ClNO2S. The lowest BCUT2D eigenvalue weighted by atomic mass is 9.95. The van der Waals surface area contributed by atoms with E-state index in [1.807, 2.05) is 37.3 Å². The van der Waals surface area contributed by atoms with Crippen LogP contribution in [0.3, 0.4) is 0 Å². The molecule has 0 radical (unpaired) electrons. The zero-order chi connectivity index (χ0) is 18.5. The van der Waals surface area contributed by atoms with Crippen LogP contribution in [-0.4, -0.2) is 17.2 Å². The Labute approximate surface area is 162 Å². The van der Waals surface area contributed by atoms with E-state index < -0.39 is 0 Å². The van der Waals surface area contributed by atoms with E-state index in [0.717, 1.165) is 50.9 Å². The molecule has 0 bridgehead atoms. The molecule has 26 heavy (non-hydrogen) atoms. The first-order chi connectivity index (χ1) is 12.5. The Kier molecular flexibility index (Phi) is 4.20. The number of phenolic OH excluding ortho intramolecular Hbond substituents is 1. The second-order valence-electron chi connectivity index (χ2n) is 6.82. The molecule has 134 valence electrons. The molecule has 1 aromatic heterocycles. The second-order valence-corrected chi connectivity index (χ2v) is 8.44. The lowest BCUT2D eigenvalue weighted by molar-refractivity contribution is 0.412. The van der Waals surface area contributed by atoms with E-state index in [9.17, 15) is 5.11 Å². The summed E-state index contributed by atoms with van der Waals surface area (Å²) in [5.74, 6) is 1.12. The number of ether oxygens (including phenoxy) is 1. The third-order valence-corrected chi connectivity index (χ3v) is 6.60. The molecular weight excluding hydrogens is 366 g/mol. The number of aromatic hydroxyl groups is 1. The smallest absolute Gasteiger partial charge is 0.123 e. The molecule has 0 spiro atoms. The number of thiazole rings is 1. The van der Waals surface area contributed by atoms with Crippen molar-refractivity contribution in [3.05, 3.63) is 62.4 Å². The van der Waals surface area contributed by atoms with Crippen molar-refractivity contribution in [2.75, 3.05) is 7.11 Å². The molecule has 5 heteroatoms. The minimum atomic E-state index is -0.160. The van der Waals surface area contributed by atoms with Crippen LogP contribution in [0.4, 0.5) is 0 Å². The molecule has 0 unspecified atom stereocenters. The van der Waals surface area contributed by atoms with Crippen LogP contribution in [0.2, 0.25) is 5.02 Å². The van der Waals surface area contributed by atoms with Crippen LogP contribution in [0.25, 0.3) is 11.3 Å². The Balaban J connectivity index is 1.81. The summed E-state index contributed by atoms with van der Waals surface area (Å²) in [6.45, 7) is 4.08. The quantitative estimate of drug-likeness (QED) is 0.610. The summed E-state index contributed by atoms with van der Waals surface area (Å²) in [4.78, 5) is 6.10. The molecule has 0 amide bonds. The number of benzene rings is 2. The number of nitrogens with zero attached hydrogens (tertiary/aromatic N) is 1. The van der Waals surface area contributed by atoms with Crippen molar-refractivity contribution < 1.29 is 9.84 Å². The Morgan fingerprint density at radius 2 is 1.92 bits per heavy atom. The van der Waals surface area contributed by atoms with Gasteiger partial charge in [-0.3, -0.25) is 0 Å². The summed E-state index contributed by atoms with van der Waals surface area (Å²) < 4.78 is 5.36. The monoisotopic (exact) mass is 385 g/mol. The molecule has 0 aliphatic heterocycles. The number of aryl methyl sites for hydroxylation is 2. The van der Waals surface area contributed by atoms with Crippen LogP contribution in [0.5, 0.6) is 11.5 Å². The molecule has 0 atom stereocenters. The highest BCUT2D eigenvalue weighted by atomic mass is 35.5. The van der Waals surface area contributed by atoms with Gasteiger partial charge in [0.2, 0.25) is 0 Å². The standard InChI is InChI=1S/C21H20ClNO2S/c1-12-10-14(16(22)11-18(12)25-3)19-13(2)26-20(23-19)21(8-9-21)15-6-4-5-7-17(15)24/h4-7,10-11,24H,8-9H2,1-3H3. The van der Waals surface area contributed by atoms with Crippen LogP contribution in [0.1, 0.15) is 33.9 Å². The largest absolute Gasteiger partial charge is 0.508 e. The Morgan fingerprint density at radius 3 is 2.58 bits per heavy atom. The number of phenols is 1. The normalized spacial score (nSPS) is 15.1. The number of aromatic nitrogens is 1. The number of halogens is 1. The third-order valence-electron chi connectivity index (χ3n) is 5.12. The van der Waals surface area contributed by atoms with Gasteiger partial charge in [0.25, 0.3) is 0 Å². The van der Waals surface area contributed by atoms with E-state index in [1.54, 1.807) is 24.5 Å². The summed E-state index contributed by atoms with van der Waals surface area (Å²) in [7, 11) is 1.65. The van der Waals surface area contributed by atoms with E-state index >= 15 is 0 Å². The predicted octanol–water partition coefficient (Wildman–Crippen LogP) is 5.87. The SMILES string of the molecule is COc1cc(Cl)c(-c2nc(C3(c4ccccc4O)CC3)sc2C)cc1C. The average molecular weight is 386 g/mol. The zero-order valence-corrected chi connectivity index (χ0v) is 16.5. The van der Waals surface area contributed by atoms with Gasteiger partial charge in [-0.05, 0) is 50.5 Å². The molecule has 1 saturated carbocycles. The molecule has 3 nitrogen and oxygen atoms in total. The lowest BCUT2D eigenvalue weighted by Crippen LogP contribution is -2.08. The van der Waals surface area contributed by atoms with E-state index in [2.05, 4.69) is 6.92 Å². The van der Waals surface area contributed by atoms with Gasteiger partial charge in [-0.2, -0.15) is 0 Å². The van der Waals surface area contributed by atoms with Crippen molar-refractivity contribution in [2.45, 2.75) is 32.1 Å². The van der Waals surface area contributed by atoms with Gasteiger partial charge in [0.15, 0.2) is 0 Å². The van der Waals surface area contributed by atoms with Crippen molar-refractivity contribution in [3.8, 4) is 22.8 Å². The van der Waals surface area contributed by atoms with Crippen molar-refractivity contribution >= 4 is 22.9 Å². The second kappa shape index (κ2) is 6.29. The zero-order valence-electron chi connectivity index (χ0n) is 15.0. The Hall–Kier alpha value is -2.04. The number of methoxy groups -OCH3 is 1.